The molecule has 3 aromatic rings. The highest BCUT2D eigenvalue weighted by atomic mass is 35.5. The van der Waals surface area contributed by atoms with Crippen molar-refractivity contribution < 1.29 is 5.11 Å². The largest absolute Gasteiger partial charge is 0.508 e. The first-order valence-corrected chi connectivity index (χ1v) is 7.20. The molecule has 0 fully saturated rings. The third-order valence-electron chi connectivity index (χ3n) is 3.30. The van der Waals surface area contributed by atoms with Crippen LogP contribution >= 0.6 is 23.7 Å². The highest BCUT2D eigenvalue weighted by molar-refractivity contribution is 7.24. The van der Waals surface area contributed by atoms with E-state index in [1.54, 1.807) is 23.5 Å². The summed E-state index contributed by atoms with van der Waals surface area (Å²) in [7, 11) is 3.89. The van der Waals surface area contributed by atoms with E-state index in [2.05, 4.69) is 0 Å². The number of phenolic OH excluding ortho intramolecular Hbond substituents is 1. The summed E-state index contributed by atoms with van der Waals surface area (Å²) in [6.45, 7) is 0.609. The number of phenols is 1. The van der Waals surface area contributed by atoms with Gasteiger partial charge < -0.3 is 10.0 Å². The van der Waals surface area contributed by atoms with Gasteiger partial charge in [0.05, 0.1) is 0 Å². The molecule has 0 saturated carbocycles. The van der Waals surface area contributed by atoms with Crippen molar-refractivity contribution in [3.8, 4) is 5.75 Å². The molecule has 0 saturated heterocycles. The molecule has 0 bridgehead atoms. The second-order valence-corrected chi connectivity index (χ2v) is 6.16. The summed E-state index contributed by atoms with van der Waals surface area (Å²) in [4.78, 5) is 14.5. The van der Waals surface area contributed by atoms with Crippen molar-refractivity contribution in [2.45, 2.75) is 6.54 Å². The van der Waals surface area contributed by atoms with Gasteiger partial charge in [-0.2, -0.15) is 0 Å². The Labute approximate surface area is 132 Å². The van der Waals surface area contributed by atoms with Gasteiger partial charge >= 0.3 is 0 Å². The van der Waals surface area contributed by atoms with E-state index in [0.717, 1.165) is 20.3 Å². The van der Waals surface area contributed by atoms with E-state index >= 15 is 0 Å². The second-order valence-electron chi connectivity index (χ2n) is 5.11. The minimum atomic E-state index is 0. The van der Waals surface area contributed by atoms with Crippen molar-refractivity contribution in [2.75, 3.05) is 14.1 Å². The van der Waals surface area contributed by atoms with Gasteiger partial charge in [-0.25, -0.2) is 0 Å². The monoisotopic (exact) mass is 321 g/mol. The van der Waals surface area contributed by atoms with E-state index in [4.69, 9.17) is 0 Å². The van der Waals surface area contributed by atoms with Gasteiger partial charge in [-0.15, -0.1) is 23.7 Å². The molecule has 5 heteroatoms. The zero-order valence-electron chi connectivity index (χ0n) is 11.8. The van der Waals surface area contributed by atoms with Crippen LogP contribution in [0.5, 0.6) is 5.75 Å². The second kappa shape index (κ2) is 6.02. The summed E-state index contributed by atoms with van der Waals surface area (Å²) in [6, 6.07) is 10.9. The Balaban J connectivity index is 0.00000161. The highest BCUT2D eigenvalue weighted by Crippen LogP contribution is 2.32. The first-order valence-electron chi connectivity index (χ1n) is 6.39. The Kier molecular flexibility index (Phi) is 4.52. The molecule has 1 heterocycles. The Morgan fingerprint density at radius 1 is 1.10 bits per heavy atom. The average Bonchev–Trinajstić information content (AvgIpc) is 2.42. The fraction of sp³-hybridized carbons (Fsp3) is 0.188. The molecular formula is C16H16ClNO2S. The lowest BCUT2D eigenvalue weighted by Crippen LogP contribution is -2.12. The normalized spacial score (nSPS) is 11.0. The van der Waals surface area contributed by atoms with Crippen LogP contribution in [-0.4, -0.2) is 24.1 Å². The van der Waals surface area contributed by atoms with Crippen LogP contribution in [0.25, 0.3) is 20.2 Å². The zero-order chi connectivity index (χ0) is 14.3. The van der Waals surface area contributed by atoms with Crippen molar-refractivity contribution in [1.29, 1.82) is 0 Å². The lowest BCUT2D eigenvalue weighted by Gasteiger charge is -2.13. The highest BCUT2D eigenvalue weighted by Gasteiger charge is 2.13. The molecule has 0 unspecified atom stereocenters. The van der Waals surface area contributed by atoms with Crippen molar-refractivity contribution in [3.05, 3.63) is 52.2 Å². The number of nitrogens with zero attached hydrogens (tertiary/aromatic N) is 1. The quantitative estimate of drug-likeness (QED) is 0.733. The van der Waals surface area contributed by atoms with Gasteiger partial charge in [0.15, 0.2) is 5.43 Å². The molecule has 0 aliphatic carbocycles. The molecule has 0 aliphatic heterocycles. The summed E-state index contributed by atoms with van der Waals surface area (Å²) in [5, 5.41) is 11.5. The molecule has 0 radical (unpaired) electrons. The maximum Gasteiger partial charge on any atom is 0.195 e. The van der Waals surface area contributed by atoms with Crippen molar-refractivity contribution in [1.82, 2.24) is 4.90 Å². The zero-order valence-corrected chi connectivity index (χ0v) is 13.4. The van der Waals surface area contributed by atoms with E-state index < -0.39 is 0 Å². The third-order valence-corrected chi connectivity index (χ3v) is 4.54. The maximum absolute atomic E-state index is 12.5. The first kappa shape index (κ1) is 15.8. The van der Waals surface area contributed by atoms with Crippen LogP contribution < -0.4 is 5.43 Å². The SMILES string of the molecule is CN(C)Cc1c(O)ccc2c(=O)c3ccccc3sc12.Cl. The molecule has 110 valence electrons. The molecule has 1 N–H and O–H groups in total. The first-order chi connectivity index (χ1) is 9.58. The van der Waals surface area contributed by atoms with Crippen molar-refractivity contribution in [3.63, 3.8) is 0 Å². The number of halogens is 1. The van der Waals surface area contributed by atoms with E-state index in [0.29, 0.717) is 11.9 Å². The van der Waals surface area contributed by atoms with Gasteiger partial charge in [0.25, 0.3) is 0 Å². The number of hydrogen-bond donors (Lipinski definition) is 1. The molecule has 0 atom stereocenters. The summed E-state index contributed by atoms with van der Waals surface area (Å²) in [5.74, 6) is 0.247. The van der Waals surface area contributed by atoms with E-state index in [9.17, 15) is 9.90 Å². The van der Waals surface area contributed by atoms with E-state index in [1.165, 1.54) is 0 Å². The van der Waals surface area contributed by atoms with Crippen molar-refractivity contribution >= 4 is 43.9 Å². The minimum absolute atomic E-state index is 0. The van der Waals surface area contributed by atoms with Gasteiger partial charge in [0.2, 0.25) is 0 Å². The number of hydrogen-bond acceptors (Lipinski definition) is 4. The molecule has 0 amide bonds. The minimum Gasteiger partial charge on any atom is -0.508 e. The van der Waals surface area contributed by atoms with Crippen LogP contribution in [0.1, 0.15) is 5.56 Å². The average molecular weight is 322 g/mol. The molecule has 21 heavy (non-hydrogen) atoms. The summed E-state index contributed by atoms with van der Waals surface area (Å²) >= 11 is 1.56. The lowest BCUT2D eigenvalue weighted by molar-refractivity contribution is 0.388. The molecule has 0 spiro atoms. The molecular weight excluding hydrogens is 306 g/mol. The lowest BCUT2D eigenvalue weighted by atomic mass is 10.1. The van der Waals surface area contributed by atoms with Crippen LogP contribution in [0.15, 0.2) is 41.2 Å². The smallest absolute Gasteiger partial charge is 0.195 e. The number of aromatic hydroxyl groups is 1. The van der Waals surface area contributed by atoms with Crippen LogP contribution in [-0.2, 0) is 6.54 Å². The summed E-state index contributed by atoms with van der Waals surface area (Å²) in [5.41, 5.74) is 0.856. The molecule has 2 aromatic carbocycles. The van der Waals surface area contributed by atoms with Crippen LogP contribution in [0.3, 0.4) is 0 Å². The van der Waals surface area contributed by atoms with Crippen LogP contribution in [0.2, 0.25) is 0 Å². The molecule has 0 aliphatic rings. The topological polar surface area (TPSA) is 40.5 Å². The van der Waals surface area contributed by atoms with Gasteiger partial charge in [0, 0.05) is 32.3 Å². The predicted octanol–water partition coefficient (Wildman–Crippen LogP) is 3.60. The maximum atomic E-state index is 12.5. The van der Waals surface area contributed by atoms with E-state index in [-0.39, 0.29) is 23.6 Å². The Bertz CT molecular complexity index is 858. The standard InChI is InChI=1S/C16H15NO2S.ClH/c1-17(2)9-12-13(18)8-7-11-15(19)10-5-3-4-6-14(10)20-16(11)12;/h3-8,18H,9H2,1-2H3;1H. The number of rotatable bonds is 2. The van der Waals surface area contributed by atoms with Gasteiger partial charge in [-0.05, 0) is 38.4 Å². The van der Waals surface area contributed by atoms with Crippen LogP contribution in [0.4, 0.5) is 0 Å². The summed E-state index contributed by atoms with van der Waals surface area (Å²) < 4.78 is 1.83. The number of fused-ring (bicyclic) bond motifs is 2. The third kappa shape index (κ3) is 2.75. The Morgan fingerprint density at radius 3 is 2.52 bits per heavy atom. The summed E-state index contributed by atoms with van der Waals surface area (Å²) in [6.07, 6.45) is 0. The van der Waals surface area contributed by atoms with Gasteiger partial charge in [-0.3, -0.25) is 4.79 Å². The molecule has 3 rings (SSSR count). The van der Waals surface area contributed by atoms with Crippen LogP contribution in [0, 0.1) is 0 Å². The Morgan fingerprint density at radius 2 is 1.81 bits per heavy atom. The molecule has 1 aromatic heterocycles. The van der Waals surface area contributed by atoms with Gasteiger partial charge in [-0.1, -0.05) is 12.1 Å². The fourth-order valence-electron chi connectivity index (χ4n) is 2.38. The molecule has 3 nitrogen and oxygen atoms in total. The fourth-order valence-corrected chi connectivity index (χ4v) is 3.58. The number of benzene rings is 2. The van der Waals surface area contributed by atoms with Crippen molar-refractivity contribution in [2.24, 2.45) is 0 Å². The predicted molar refractivity (Wildman–Crippen MR) is 91.9 cm³/mol. The van der Waals surface area contributed by atoms with Gasteiger partial charge in [0.1, 0.15) is 5.75 Å². The van der Waals surface area contributed by atoms with E-state index in [1.807, 2.05) is 43.3 Å². The Hall–Kier alpha value is -1.62.